The second-order valence-electron chi connectivity index (χ2n) is 7.64. The molecule has 1 aromatic rings. The summed E-state index contributed by atoms with van der Waals surface area (Å²) in [5.41, 5.74) is 1.33. The van der Waals surface area contributed by atoms with Gasteiger partial charge < -0.3 is 25.0 Å². The lowest BCUT2D eigenvalue weighted by Crippen LogP contribution is -2.57. The van der Waals surface area contributed by atoms with Crippen LogP contribution in [0.5, 0.6) is 0 Å². The Balaban J connectivity index is 0.00000392. The van der Waals surface area contributed by atoms with Crippen molar-refractivity contribution in [3.63, 3.8) is 0 Å². The summed E-state index contributed by atoms with van der Waals surface area (Å²) >= 11 is 0. The van der Waals surface area contributed by atoms with Gasteiger partial charge in [0.05, 0.1) is 13.2 Å². The van der Waals surface area contributed by atoms with Gasteiger partial charge in [0.2, 0.25) is 0 Å². The van der Waals surface area contributed by atoms with E-state index in [1.807, 2.05) is 25.2 Å². The Kier molecular flexibility index (Phi) is 12.0. The van der Waals surface area contributed by atoms with Gasteiger partial charge in [-0.25, -0.2) is 0 Å². The van der Waals surface area contributed by atoms with Gasteiger partial charge in [-0.1, -0.05) is 37.3 Å². The van der Waals surface area contributed by atoms with Crippen molar-refractivity contribution in [2.45, 2.75) is 31.9 Å². The van der Waals surface area contributed by atoms with Crippen molar-refractivity contribution in [3.05, 3.63) is 35.9 Å². The van der Waals surface area contributed by atoms with Gasteiger partial charge in [-0.3, -0.25) is 4.99 Å². The molecule has 1 heterocycles. The zero-order valence-electron chi connectivity index (χ0n) is 17.7. The number of nitrogens with zero attached hydrogens (tertiary/aromatic N) is 2. The summed E-state index contributed by atoms with van der Waals surface area (Å²) in [6, 6.07) is 10.3. The summed E-state index contributed by atoms with van der Waals surface area (Å²) in [6.07, 6.45) is 2.07. The predicted octanol–water partition coefficient (Wildman–Crippen LogP) is 2.73. The van der Waals surface area contributed by atoms with Crippen molar-refractivity contribution >= 4 is 29.9 Å². The Morgan fingerprint density at radius 3 is 2.50 bits per heavy atom. The standard InChI is InChI=1S/C21H36N4O2.HI/c1-18(15-27-16-19-8-6-5-7-9-19)14-23-20(22-2)24-17-21(25(3)4)10-12-26-13-11-21;/h5-9,18H,10-17H2,1-4H3,(H2,22,23,24);1H. The van der Waals surface area contributed by atoms with Crippen LogP contribution in [0.25, 0.3) is 0 Å². The lowest BCUT2D eigenvalue weighted by Gasteiger charge is -2.43. The lowest BCUT2D eigenvalue weighted by atomic mass is 9.88. The molecule has 0 aromatic heterocycles. The van der Waals surface area contributed by atoms with E-state index in [0.717, 1.165) is 51.7 Å². The van der Waals surface area contributed by atoms with E-state index >= 15 is 0 Å². The fraction of sp³-hybridized carbons (Fsp3) is 0.667. The van der Waals surface area contributed by atoms with Gasteiger partial charge in [-0.05, 0) is 38.4 Å². The highest BCUT2D eigenvalue weighted by Gasteiger charge is 2.34. The summed E-state index contributed by atoms with van der Waals surface area (Å²) < 4.78 is 11.4. The number of guanidine groups is 1. The average Bonchev–Trinajstić information content (AvgIpc) is 2.69. The molecule has 0 amide bonds. The number of likely N-dealkylation sites (N-methyl/N-ethyl adjacent to an activating group) is 1. The van der Waals surface area contributed by atoms with Crippen LogP contribution in [-0.2, 0) is 16.1 Å². The van der Waals surface area contributed by atoms with Crippen LogP contribution >= 0.6 is 24.0 Å². The monoisotopic (exact) mass is 504 g/mol. The Labute approximate surface area is 187 Å². The topological polar surface area (TPSA) is 58.1 Å². The maximum atomic E-state index is 5.83. The molecular weight excluding hydrogens is 467 g/mol. The largest absolute Gasteiger partial charge is 0.381 e. The zero-order valence-corrected chi connectivity index (χ0v) is 20.1. The number of hydrogen-bond donors (Lipinski definition) is 2. The number of halogens is 1. The molecule has 1 aliphatic rings. The first-order chi connectivity index (χ1) is 13.1. The molecule has 7 heteroatoms. The Hall–Kier alpha value is -0.900. The second-order valence-corrected chi connectivity index (χ2v) is 7.64. The first-order valence-corrected chi connectivity index (χ1v) is 9.87. The summed E-state index contributed by atoms with van der Waals surface area (Å²) in [4.78, 5) is 6.68. The van der Waals surface area contributed by atoms with Gasteiger partial charge in [-0.2, -0.15) is 0 Å². The minimum atomic E-state index is 0. The van der Waals surface area contributed by atoms with E-state index < -0.39 is 0 Å². The van der Waals surface area contributed by atoms with Gasteiger partial charge in [0.25, 0.3) is 0 Å². The number of nitrogens with one attached hydrogen (secondary N) is 2. The van der Waals surface area contributed by atoms with Crippen molar-refractivity contribution in [2.24, 2.45) is 10.9 Å². The number of aliphatic imine (C=N–C) groups is 1. The smallest absolute Gasteiger partial charge is 0.191 e. The van der Waals surface area contributed by atoms with E-state index in [-0.39, 0.29) is 29.5 Å². The zero-order chi connectivity index (χ0) is 19.5. The Morgan fingerprint density at radius 1 is 1.21 bits per heavy atom. The van der Waals surface area contributed by atoms with E-state index in [1.165, 1.54) is 5.56 Å². The molecule has 6 nitrogen and oxygen atoms in total. The molecule has 1 aromatic carbocycles. The van der Waals surface area contributed by atoms with E-state index in [4.69, 9.17) is 9.47 Å². The van der Waals surface area contributed by atoms with Gasteiger partial charge in [0, 0.05) is 38.9 Å². The van der Waals surface area contributed by atoms with Gasteiger partial charge in [0.1, 0.15) is 0 Å². The van der Waals surface area contributed by atoms with E-state index in [2.05, 4.69) is 53.7 Å². The third kappa shape index (κ3) is 8.23. The molecule has 1 unspecified atom stereocenters. The molecule has 0 saturated carbocycles. The molecular formula is C21H37IN4O2. The average molecular weight is 504 g/mol. The van der Waals surface area contributed by atoms with Gasteiger partial charge in [0.15, 0.2) is 5.96 Å². The minimum absolute atomic E-state index is 0. The molecule has 0 spiro atoms. The molecule has 2 rings (SSSR count). The maximum absolute atomic E-state index is 5.83. The first-order valence-electron chi connectivity index (χ1n) is 9.87. The maximum Gasteiger partial charge on any atom is 0.191 e. The molecule has 160 valence electrons. The molecule has 0 aliphatic carbocycles. The second kappa shape index (κ2) is 13.3. The first kappa shape index (κ1) is 25.1. The fourth-order valence-electron chi connectivity index (χ4n) is 3.28. The Bertz CT molecular complexity index is 563. The van der Waals surface area contributed by atoms with E-state index in [9.17, 15) is 0 Å². The molecule has 1 fully saturated rings. The highest BCUT2D eigenvalue weighted by atomic mass is 127. The highest BCUT2D eigenvalue weighted by molar-refractivity contribution is 14.0. The number of rotatable bonds is 9. The number of ether oxygens (including phenoxy) is 2. The van der Waals surface area contributed by atoms with Crippen LogP contribution in [0.2, 0.25) is 0 Å². The van der Waals surface area contributed by atoms with Crippen LogP contribution in [0.3, 0.4) is 0 Å². The lowest BCUT2D eigenvalue weighted by molar-refractivity contribution is -0.00502. The summed E-state index contributed by atoms with van der Waals surface area (Å²) in [6.45, 7) is 6.90. The summed E-state index contributed by atoms with van der Waals surface area (Å²) in [7, 11) is 6.11. The van der Waals surface area contributed by atoms with E-state index in [1.54, 1.807) is 0 Å². The van der Waals surface area contributed by atoms with Crippen LogP contribution in [0, 0.1) is 5.92 Å². The van der Waals surface area contributed by atoms with Crippen LogP contribution in [0.4, 0.5) is 0 Å². The molecule has 2 N–H and O–H groups in total. The van der Waals surface area contributed by atoms with Crippen LogP contribution in [0.15, 0.2) is 35.3 Å². The highest BCUT2D eigenvalue weighted by Crippen LogP contribution is 2.24. The van der Waals surface area contributed by atoms with Crippen molar-refractivity contribution in [1.29, 1.82) is 0 Å². The van der Waals surface area contributed by atoms with Crippen LogP contribution in [-0.4, -0.2) is 70.5 Å². The third-order valence-corrected chi connectivity index (χ3v) is 5.31. The summed E-state index contributed by atoms with van der Waals surface area (Å²) in [5.74, 6) is 1.25. The summed E-state index contributed by atoms with van der Waals surface area (Å²) in [5, 5.41) is 6.92. The van der Waals surface area contributed by atoms with E-state index in [0.29, 0.717) is 12.5 Å². The number of benzene rings is 1. The van der Waals surface area contributed by atoms with Crippen molar-refractivity contribution in [2.75, 3.05) is 54.1 Å². The normalized spacial score (nSPS) is 17.7. The number of hydrogen-bond acceptors (Lipinski definition) is 4. The molecule has 1 atom stereocenters. The van der Waals surface area contributed by atoms with Crippen LogP contribution < -0.4 is 10.6 Å². The molecule has 28 heavy (non-hydrogen) atoms. The molecule has 1 saturated heterocycles. The quantitative estimate of drug-likeness (QED) is 0.308. The Morgan fingerprint density at radius 2 is 1.89 bits per heavy atom. The van der Waals surface area contributed by atoms with Crippen molar-refractivity contribution < 1.29 is 9.47 Å². The van der Waals surface area contributed by atoms with Crippen LogP contribution in [0.1, 0.15) is 25.3 Å². The van der Waals surface area contributed by atoms with Crippen molar-refractivity contribution in [1.82, 2.24) is 15.5 Å². The van der Waals surface area contributed by atoms with Gasteiger partial charge in [-0.15, -0.1) is 24.0 Å². The molecule has 0 bridgehead atoms. The van der Waals surface area contributed by atoms with Gasteiger partial charge >= 0.3 is 0 Å². The SMILES string of the molecule is CN=C(NCC(C)COCc1ccccc1)NCC1(N(C)C)CCOCC1.I. The van der Waals surface area contributed by atoms with Crippen molar-refractivity contribution in [3.8, 4) is 0 Å². The third-order valence-electron chi connectivity index (χ3n) is 5.31. The predicted molar refractivity (Wildman–Crippen MR) is 127 cm³/mol. The molecule has 0 radical (unpaired) electrons. The molecule has 1 aliphatic heterocycles. The fourth-order valence-corrected chi connectivity index (χ4v) is 3.28. The minimum Gasteiger partial charge on any atom is -0.381 e.